The van der Waals surface area contributed by atoms with E-state index in [2.05, 4.69) is 0 Å². The van der Waals surface area contributed by atoms with Crippen molar-refractivity contribution in [2.75, 3.05) is 7.05 Å². The van der Waals surface area contributed by atoms with Crippen molar-refractivity contribution < 1.29 is 5.21 Å². The molecule has 82 valence electrons. The fourth-order valence-electron chi connectivity index (χ4n) is 1.89. The molecule has 0 unspecified atom stereocenters. The summed E-state index contributed by atoms with van der Waals surface area (Å²) in [6, 6.07) is 19.8. The molecule has 2 rings (SSSR count). The minimum atomic E-state index is -0.109. The highest BCUT2D eigenvalue weighted by Crippen LogP contribution is 2.25. The van der Waals surface area contributed by atoms with Crippen LogP contribution in [0.5, 0.6) is 0 Å². The van der Waals surface area contributed by atoms with Crippen molar-refractivity contribution in [3.05, 3.63) is 71.8 Å². The smallest absolute Gasteiger partial charge is 0.0846 e. The Labute approximate surface area is 95.7 Å². The highest BCUT2D eigenvalue weighted by molar-refractivity contribution is 5.31. The monoisotopic (exact) mass is 213 g/mol. The predicted molar refractivity (Wildman–Crippen MR) is 64.3 cm³/mol. The zero-order valence-corrected chi connectivity index (χ0v) is 9.25. The molecular weight excluding hydrogens is 198 g/mol. The van der Waals surface area contributed by atoms with E-state index in [9.17, 15) is 5.21 Å². The summed E-state index contributed by atoms with van der Waals surface area (Å²) in [4.78, 5) is 0. The number of nitrogens with zero attached hydrogens (tertiary/aromatic N) is 1. The average Bonchev–Trinajstić information content (AvgIpc) is 2.31. The van der Waals surface area contributed by atoms with Gasteiger partial charge in [-0.3, -0.25) is 0 Å². The lowest BCUT2D eigenvalue weighted by Gasteiger charge is -2.23. The molecule has 0 atom stereocenters. The van der Waals surface area contributed by atoms with Crippen LogP contribution in [-0.2, 0) is 0 Å². The molecule has 2 aromatic rings. The quantitative estimate of drug-likeness (QED) is 0.792. The molecule has 0 amide bonds. The van der Waals surface area contributed by atoms with Crippen LogP contribution in [-0.4, -0.2) is 17.3 Å². The SMILES string of the molecule is CN(O)C(c1ccccc1)c1ccccc1. The third-order valence-corrected chi connectivity index (χ3v) is 2.60. The summed E-state index contributed by atoms with van der Waals surface area (Å²) in [7, 11) is 1.67. The van der Waals surface area contributed by atoms with Crippen LogP contribution in [0.15, 0.2) is 60.7 Å². The molecule has 2 heteroatoms. The lowest BCUT2D eigenvalue weighted by atomic mass is 9.99. The van der Waals surface area contributed by atoms with Gasteiger partial charge >= 0.3 is 0 Å². The standard InChI is InChI=1S/C14H15NO/c1-15(16)14(12-8-4-2-5-9-12)13-10-6-3-7-11-13/h2-11,14,16H,1H3. The number of benzene rings is 2. The van der Waals surface area contributed by atoms with E-state index in [0.29, 0.717) is 0 Å². The lowest BCUT2D eigenvalue weighted by Crippen LogP contribution is -2.21. The van der Waals surface area contributed by atoms with Crippen LogP contribution in [0, 0.1) is 0 Å². The lowest BCUT2D eigenvalue weighted by molar-refractivity contribution is -0.0916. The van der Waals surface area contributed by atoms with Crippen LogP contribution in [0.1, 0.15) is 17.2 Å². The van der Waals surface area contributed by atoms with Crippen LogP contribution in [0.4, 0.5) is 0 Å². The minimum Gasteiger partial charge on any atom is -0.313 e. The Balaban J connectivity index is 2.40. The Morgan fingerprint density at radius 2 is 1.19 bits per heavy atom. The summed E-state index contributed by atoms with van der Waals surface area (Å²) < 4.78 is 0. The summed E-state index contributed by atoms with van der Waals surface area (Å²) in [5.41, 5.74) is 2.16. The molecule has 0 saturated carbocycles. The van der Waals surface area contributed by atoms with Gasteiger partial charge < -0.3 is 5.21 Å². The van der Waals surface area contributed by atoms with Gasteiger partial charge in [-0.2, -0.15) is 5.06 Å². The summed E-state index contributed by atoms with van der Waals surface area (Å²) in [5, 5.41) is 11.0. The highest BCUT2D eigenvalue weighted by Gasteiger charge is 2.16. The highest BCUT2D eigenvalue weighted by atomic mass is 16.5. The van der Waals surface area contributed by atoms with E-state index >= 15 is 0 Å². The Morgan fingerprint density at radius 3 is 1.50 bits per heavy atom. The van der Waals surface area contributed by atoms with Gasteiger partial charge in [0, 0.05) is 7.05 Å². The molecule has 16 heavy (non-hydrogen) atoms. The Hall–Kier alpha value is -1.64. The van der Waals surface area contributed by atoms with Crippen LogP contribution < -0.4 is 0 Å². The third kappa shape index (κ3) is 2.30. The van der Waals surface area contributed by atoms with Crippen LogP contribution in [0.2, 0.25) is 0 Å². The molecule has 0 saturated heterocycles. The summed E-state index contributed by atoms with van der Waals surface area (Å²) in [6.45, 7) is 0. The first-order valence-electron chi connectivity index (χ1n) is 5.30. The molecule has 1 N–H and O–H groups in total. The van der Waals surface area contributed by atoms with Gasteiger partial charge in [-0.25, -0.2) is 0 Å². The van der Waals surface area contributed by atoms with E-state index in [4.69, 9.17) is 0 Å². The normalized spacial score (nSPS) is 11.0. The molecule has 0 aliphatic heterocycles. The molecule has 0 aliphatic rings. The van der Waals surface area contributed by atoms with Crippen LogP contribution in [0.25, 0.3) is 0 Å². The van der Waals surface area contributed by atoms with E-state index in [1.54, 1.807) is 7.05 Å². The van der Waals surface area contributed by atoms with E-state index < -0.39 is 0 Å². The first-order valence-corrected chi connectivity index (χ1v) is 5.30. The van der Waals surface area contributed by atoms with E-state index in [1.165, 1.54) is 5.06 Å². The Morgan fingerprint density at radius 1 is 0.812 bits per heavy atom. The van der Waals surface area contributed by atoms with Gasteiger partial charge in [-0.15, -0.1) is 0 Å². The van der Waals surface area contributed by atoms with Crippen molar-refractivity contribution in [2.45, 2.75) is 6.04 Å². The predicted octanol–water partition coefficient (Wildman–Crippen LogP) is 3.10. The van der Waals surface area contributed by atoms with Crippen LogP contribution >= 0.6 is 0 Å². The summed E-state index contributed by atoms with van der Waals surface area (Å²) in [6.07, 6.45) is 0. The van der Waals surface area contributed by atoms with Crippen molar-refractivity contribution in [3.63, 3.8) is 0 Å². The van der Waals surface area contributed by atoms with Gasteiger partial charge in [0.05, 0.1) is 6.04 Å². The maximum Gasteiger partial charge on any atom is 0.0846 e. The maximum absolute atomic E-state index is 9.75. The molecular formula is C14H15NO. The number of hydrogen-bond acceptors (Lipinski definition) is 2. The molecule has 0 fully saturated rings. The molecule has 0 bridgehead atoms. The van der Waals surface area contributed by atoms with E-state index in [1.807, 2.05) is 60.7 Å². The van der Waals surface area contributed by atoms with Crippen molar-refractivity contribution >= 4 is 0 Å². The van der Waals surface area contributed by atoms with Gasteiger partial charge in [0.1, 0.15) is 0 Å². The van der Waals surface area contributed by atoms with E-state index in [-0.39, 0.29) is 6.04 Å². The molecule has 0 spiro atoms. The van der Waals surface area contributed by atoms with Gasteiger partial charge in [0.15, 0.2) is 0 Å². The Kier molecular flexibility index (Phi) is 3.34. The minimum absolute atomic E-state index is 0.109. The largest absolute Gasteiger partial charge is 0.313 e. The second kappa shape index (κ2) is 4.92. The number of rotatable bonds is 3. The Bertz CT molecular complexity index is 386. The fraction of sp³-hybridized carbons (Fsp3) is 0.143. The summed E-state index contributed by atoms with van der Waals surface area (Å²) in [5.74, 6) is 0. The van der Waals surface area contributed by atoms with Crippen molar-refractivity contribution in [3.8, 4) is 0 Å². The topological polar surface area (TPSA) is 23.5 Å². The molecule has 0 aliphatic carbocycles. The van der Waals surface area contributed by atoms with Gasteiger partial charge in [0.2, 0.25) is 0 Å². The number of hydroxylamine groups is 2. The van der Waals surface area contributed by atoms with Gasteiger partial charge in [0.25, 0.3) is 0 Å². The maximum atomic E-state index is 9.75. The van der Waals surface area contributed by atoms with Gasteiger partial charge in [-0.05, 0) is 11.1 Å². The van der Waals surface area contributed by atoms with Crippen LogP contribution in [0.3, 0.4) is 0 Å². The molecule has 0 heterocycles. The van der Waals surface area contributed by atoms with Crippen molar-refractivity contribution in [1.29, 1.82) is 0 Å². The second-order valence-electron chi connectivity index (χ2n) is 3.80. The molecule has 2 nitrogen and oxygen atoms in total. The first kappa shape index (κ1) is 10.9. The molecule has 0 aromatic heterocycles. The second-order valence-corrected chi connectivity index (χ2v) is 3.80. The van der Waals surface area contributed by atoms with Gasteiger partial charge in [-0.1, -0.05) is 60.7 Å². The number of hydrogen-bond donors (Lipinski definition) is 1. The van der Waals surface area contributed by atoms with E-state index in [0.717, 1.165) is 11.1 Å². The fourth-order valence-corrected chi connectivity index (χ4v) is 1.89. The summed E-state index contributed by atoms with van der Waals surface area (Å²) >= 11 is 0. The third-order valence-electron chi connectivity index (χ3n) is 2.60. The zero-order valence-electron chi connectivity index (χ0n) is 9.25. The molecule has 2 aromatic carbocycles. The average molecular weight is 213 g/mol. The zero-order chi connectivity index (χ0) is 11.4. The molecule has 0 radical (unpaired) electrons. The first-order chi connectivity index (χ1) is 7.79. The van der Waals surface area contributed by atoms with Crippen molar-refractivity contribution in [1.82, 2.24) is 5.06 Å². The van der Waals surface area contributed by atoms with Crippen molar-refractivity contribution in [2.24, 2.45) is 0 Å².